The van der Waals surface area contributed by atoms with Crippen molar-refractivity contribution in [2.45, 2.75) is 31.2 Å². The second-order valence-electron chi connectivity index (χ2n) is 6.10. The largest absolute Gasteiger partial charge is 0.321 e. The van der Waals surface area contributed by atoms with E-state index in [-0.39, 0.29) is 5.54 Å². The molecule has 2 heteroatoms. The van der Waals surface area contributed by atoms with Gasteiger partial charge < -0.3 is 5.73 Å². The van der Waals surface area contributed by atoms with Crippen molar-refractivity contribution in [2.24, 2.45) is 5.73 Å². The van der Waals surface area contributed by atoms with Crippen molar-refractivity contribution in [3.8, 4) is 0 Å². The molecule has 1 aliphatic rings. The Kier molecular flexibility index (Phi) is 3.09. The maximum atomic E-state index is 6.86. The minimum atomic E-state index is -0.210. The highest BCUT2D eigenvalue weighted by Crippen LogP contribution is 2.38. The zero-order valence-corrected chi connectivity index (χ0v) is 12.8. The molecule has 0 radical (unpaired) electrons. The SMILES string of the molecule is NC1(Cc2csc3ccccc23)CCCc2ccccc21. The molecule has 1 aliphatic carbocycles. The van der Waals surface area contributed by atoms with E-state index in [0.717, 1.165) is 12.8 Å². The average molecular weight is 293 g/mol. The molecule has 0 saturated carbocycles. The first-order chi connectivity index (χ1) is 10.3. The molecule has 4 rings (SSSR count). The van der Waals surface area contributed by atoms with Crippen LogP contribution in [-0.2, 0) is 18.4 Å². The average Bonchev–Trinajstić information content (AvgIpc) is 2.91. The molecule has 1 nitrogen and oxygen atoms in total. The maximum Gasteiger partial charge on any atom is 0.0453 e. The van der Waals surface area contributed by atoms with Crippen molar-refractivity contribution < 1.29 is 0 Å². The Morgan fingerprint density at radius 2 is 1.86 bits per heavy atom. The molecule has 0 spiro atoms. The summed E-state index contributed by atoms with van der Waals surface area (Å²) in [4.78, 5) is 0. The molecule has 1 aromatic heterocycles. The highest BCUT2D eigenvalue weighted by molar-refractivity contribution is 7.17. The van der Waals surface area contributed by atoms with Crippen LogP contribution in [0, 0.1) is 0 Å². The summed E-state index contributed by atoms with van der Waals surface area (Å²) < 4.78 is 1.36. The number of nitrogens with two attached hydrogens (primary N) is 1. The lowest BCUT2D eigenvalue weighted by atomic mass is 9.74. The summed E-state index contributed by atoms with van der Waals surface area (Å²) in [5.41, 5.74) is 10.8. The molecule has 0 amide bonds. The summed E-state index contributed by atoms with van der Waals surface area (Å²) in [6, 6.07) is 17.4. The highest BCUT2D eigenvalue weighted by Gasteiger charge is 2.33. The number of thiophene rings is 1. The molecule has 1 heterocycles. The zero-order chi connectivity index (χ0) is 14.3. The van der Waals surface area contributed by atoms with Gasteiger partial charge in [0.2, 0.25) is 0 Å². The topological polar surface area (TPSA) is 26.0 Å². The van der Waals surface area contributed by atoms with Gasteiger partial charge in [-0.1, -0.05) is 42.5 Å². The van der Waals surface area contributed by atoms with Crippen molar-refractivity contribution in [1.82, 2.24) is 0 Å². The van der Waals surface area contributed by atoms with Crippen molar-refractivity contribution >= 4 is 21.4 Å². The fourth-order valence-corrected chi connectivity index (χ4v) is 4.61. The lowest BCUT2D eigenvalue weighted by molar-refractivity contribution is 0.371. The Hall–Kier alpha value is -1.64. The van der Waals surface area contributed by atoms with Crippen molar-refractivity contribution in [3.05, 3.63) is 70.6 Å². The van der Waals surface area contributed by atoms with Gasteiger partial charge in [0.05, 0.1) is 0 Å². The van der Waals surface area contributed by atoms with Crippen molar-refractivity contribution in [1.29, 1.82) is 0 Å². The predicted molar refractivity (Wildman–Crippen MR) is 90.8 cm³/mol. The van der Waals surface area contributed by atoms with Crippen molar-refractivity contribution in [2.75, 3.05) is 0 Å². The standard InChI is InChI=1S/C19H19NS/c20-19(11-5-7-14-6-1-3-9-17(14)19)12-15-13-21-18-10-4-2-8-16(15)18/h1-4,6,8-10,13H,5,7,11-12,20H2. The Labute approximate surface area is 129 Å². The molecule has 21 heavy (non-hydrogen) atoms. The molecule has 2 aromatic carbocycles. The number of benzene rings is 2. The molecule has 0 aliphatic heterocycles. The molecule has 1 unspecified atom stereocenters. The molecular weight excluding hydrogens is 274 g/mol. The Balaban J connectivity index is 1.77. The molecule has 0 bridgehead atoms. The van der Waals surface area contributed by atoms with Crippen LogP contribution in [0.4, 0.5) is 0 Å². The summed E-state index contributed by atoms with van der Waals surface area (Å²) in [6.45, 7) is 0. The van der Waals surface area contributed by atoms with Crippen LogP contribution in [0.25, 0.3) is 10.1 Å². The summed E-state index contributed by atoms with van der Waals surface area (Å²) in [5.74, 6) is 0. The fourth-order valence-electron chi connectivity index (χ4n) is 3.65. The number of aryl methyl sites for hydroxylation is 1. The molecule has 1 atom stereocenters. The second-order valence-corrected chi connectivity index (χ2v) is 7.01. The lowest BCUT2D eigenvalue weighted by Crippen LogP contribution is -2.42. The van der Waals surface area contributed by atoms with Crippen LogP contribution in [0.5, 0.6) is 0 Å². The van der Waals surface area contributed by atoms with Gasteiger partial charge in [-0.2, -0.15) is 0 Å². The van der Waals surface area contributed by atoms with E-state index in [1.54, 1.807) is 0 Å². The van der Waals surface area contributed by atoms with E-state index in [1.165, 1.54) is 39.6 Å². The van der Waals surface area contributed by atoms with Crippen LogP contribution in [0.1, 0.15) is 29.5 Å². The normalized spacial score (nSPS) is 21.4. The third kappa shape index (κ3) is 2.19. The fraction of sp³-hybridized carbons (Fsp3) is 0.263. The summed E-state index contributed by atoms with van der Waals surface area (Å²) in [5, 5.41) is 3.66. The van der Waals surface area contributed by atoms with E-state index in [9.17, 15) is 0 Å². The van der Waals surface area contributed by atoms with Gasteiger partial charge in [-0.25, -0.2) is 0 Å². The first-order valence-corrected chi connectivity index (χ1v) is 8.47. The van der Waals surface area contributed by atoms with E-state index >= 15 is 0 Å². The Morgan fingerprint density at radius 3 is 2.81 bits per heavy atom. The Morgan fingerprint density at radius 1 is 1.05 bits per heavy atom. The van der Waals surface area contributed by atoms with Gasteiger partial charge in [0.25, 0.3) is 0 Å². The number of rotatable bonds is 2. The molecule has 3 aromatic rings. The van der Waals surface area contributed by atoms with Crippen LogP contribution in [0.3, 0.4) is 0 Å². The number of hydrogen-bond donors (Lipinski definition) is 1. The third-order valence-electron chi connectivity index (χ3n) is 4.69. The summed E-state index contributed by atoms with van der Waals surface area (Å²) in [6.07, 6.45) is 4.37. The summed E-state index contributed by atoms with van der Waals surface area (Å²) in [7, 11) is 0. The molecule has 106 valence electrons. The predicted octanol–water partition coefficient (Wildman–Crippen LogP) is 4.63. The van der Waals surface area contributed by atoms with Gasteiger partial charge in [0.15, 0.2) is 0 Å². The monoisotopic (exact) mass is 293 g/mol. The molecular formula is C19H19NS. The molecule has 0 fully saturated rings. The van der Waals surface area contributed by atoms with Crippen LogP contribution >= 0.6 is 11.3 Å². The third-order valence-corrected chi connectivity index (χ3v) is 5.70. The Bertz CT molecular complexity index is 789. The quantitative estimate of drug-likeness (QED) is 0.732. The smallest absolute Gasteiger partial charge is 0.0453 e. The van der Waals surface area contributed by atoms with E-state index in [2.05, 4.69) is 53.9 Å². The molecule has 0 saturated heterocycles. The van der Waals surface area contributed by atoms with Gasteiger partial charge in [-0.05, 0) is 59.2 Å². The van der Waals surface area contributed by atoms with Crippen LogP contribution < -0.4 is 5.73 Å². The van der Waals surface area contributed by atoms with Gasteiger partial charge >= 0.3 is 0 Å². The number of fused-ring (bicyclic) bond motifs is 2. The first-order valence-electron chi connectivity index (χ1n) is 7.59. The zero-order valence-electron chi connectivity index (χ0n) is 12.0. The van der Waals surface area contributed by atoms with Gasteiger partial charge in [-0.15, -0.1) is 11.3 Å². The number of hydrogen-bond acceptors (Lipinski definition) is 2. The van der Waals surface area contributed by atoms with Crippen molar-refractivity contribution in [3.63, 3.8) is 0 Å². The summed E-state index contributed by atoms with van der Waals surface area (Å²) >= 11 is 1.83. The lowest BCUT2D eigenvalue weighted by Gasteiger charge is -2.36. The van der Waals surface area contributed by atoms with Gasteiger partial charge in [-0.3, -0.25) is 0 Å². The van der Waals surface area contributed by atoms with E-state index < -0.39 is 0 Å². The van der Waals surface area contributed by atoms with Gasteiger partial charge in [0.1, 0.15) is 0 Å². The van der Waals surface area contributed by atoms with Crippen LogP contribution in [0.2, 0.25) is 0 Å². The molecule has 2 N–H and O–H groups in total. The second kappa shape index (κ2) is 4.97. The first kappa shape index (κ1) is 13.1. The van der Waals surface area contributed by atoms with E-state index in [0.29, 0.717) is 0 Å². The minimum Gasteiger partial charge on any atom is -0.321 e. The van der Waals surface area contributed by atoms with Crippen LogP contribution in [-0.4, -0.2) is 0 Å². The van der Waals surface area contributed by atoms with E-state index in [1.807, 2.05) is 11.3 Å². The van der Waals surface area contributed by atoms with Crippen LogP contribution in [0.15, 0.2) is 53.9 Å². The maximum absolute atomic E-state index is 6.86. The highest BCUT2D eigenvalue weighted by atomic mass is 32.1. The van der Waals surface area contributed by atoms with E-state index in [4.69, 9.17) is 5.73 Å². The minimum absolute atomic E-state index is 0.210. The van der Waals surface area contributed by atoms with Gasteiger partial charge in [0, 0.05) is 10.2 Å².